The molecule has 0 aromatic heterocycles. The summed E-state index contributed by atoms with van der Waals surface area (Å²) in [6.45, 7) is 7.69. The molecule has 2 N–H and O–H groups in total. The Morgan fingerprint density at radius 2 is 1.95 bits per heavy atom. The van der Waals surface area contributed by atoms with Crippen molar-refractivity contribution in [3.05, 3.63) is 29.8 Å². The molecule has 0 unspecified atom stereocenters. The maximum Gasteiger partial charge on any atom is 0.410 e. The lowest BCUT2D eigenvalue weighted by molar-refractivity contribution is 0.157. The van der Waals surface area contributed by atoms with Crippen LogP contribution in [0.5, 0.6) is 0 Å². The van der Waals surface area contributed by atoms with Crippen LogP contribution in [-0.2, 0) is 11.3 Å². The Bertz CT molecular complexity index is 528. The molecule has 6 nitrogen and oxygen atoms in total. The Kier molecular flexibility index (Phi) is 5.25. The van der Waals surface area contributed by atoms with E-state index in [9.17, 15) is 9.59 Å². The van der Waals surface area contributed by atoms with Gasteiger partial charge in [-0.15, -0.1) is 0 Å². The number of carbonyl (C=O) groups excluding carboxylic acids is 2. The number of ether oxygens (including phenoxy) is 1. The number of cyclic esters (lactones) is 1. The van der Waals surface area contributed by atoms with E-state index in [1.165, 1.54) is 0 Å². The minimum absolute atomic E-state index is 0.112. The van der Waals surface area contributed by atoms with Gasteiger partial charge in [-0.05, 0) is 30.5 Å². The van der Waals surface area contributed by atoms with Gasteiger partial charge in [0.05, 0.1) is 6.54 Å². The third kappa shape index (κ3) is 4.38. The molecule has 3 amide bonds. The molecule has 1 aliphatic rings. The lowest BCUT2D eigenvalue weighted by Gasteiger charge is -2.18. The number of hydrogen-bond acceptors (Lipinski definition) is 3. The van der Waals surface area contributed by atoms with Crippen molar-refractivity contribution >= 4 is 17.8 Å². The van der Waals surface area contributed by atoms with Gasteiger partial charge in [-0.2, -0.15) is 0 Å². The summed E-state index contributed by atoms with van der Waals surface area (Å²) in [5, 5.41) is 5.69. The molecule has 1 fully saturated rings. The van der Waals surface area contributed by atoms with Gasteiger partial charge in [0.1, 0.15) is 6.61 Å². The number of nitrogens with zero attached hydrogens (tertiary/aromatic N) is 1. The predicted molar refractivity (Wildman–Crippen MR) is 84.7 cm³/mol. The lowest BCUT2D eigenvalue weighted by Crippen LogP contribution is -2.38. The van der Waals surface area contributed by atoms with E-state index in [1.807, 2.05) is 31.2 Å². The van der Waals surface area contributed by atoms with Crippen molar-refractivity contribution < 1.29 is 14.3 Å². The highest BCUT2D eigenvalue weighted by atomic mass is 16.6. The van der Waals surface area contributed by atoms with Gasteiger partial charge in [-0.25, -0.2) is 9.59 Å². The predicted octanol–water partition coefficient (Wildman–Crippen LogP) is 2.80. The zero-order valence-electron chi connectivity index (χ0n) is 13.3. The highest BCUT2D eigenvalue weighted by molar-refractivity contribution is 5.89. The smallest absolute Gasteiger partial charge is 0.410 e. The molecule has 0 radical (unpaired) electrons. The summed E-state index contributed by atoms with van der Waals surface area (Å²) in [7, 11) is 0. The van der Waals surface area contributed by atoms with Crippen molar-refractivity contribution in [2.45, 2.75) is 33.4 Å². The molecule has 0 aliphatic carbocycles. The molecule has 1 aromatic carbocycles. The third-order valence-electron chi connectivity index (χ3n) is 3.79. The van der Waals surface area contributed by atoms with E-state index in [-0.39, 0.29) is 18.2 Å². The molecule has 1 heterocycles. The van der Waals surface area contributed by atoms with E-state index in [0.29, 0.717) is 25.6 Å². The standard InChI is InChI=1S/C16H23N3O3/c1-11(2)12(3)17-15(20)18-14-6-4-13(5-7-14)10-19-8-9-22-16(19)21/h4-7,11-12H,8-10H2,1-3H3,(H2,17,18,20)/t12-/m0/s1. The van der Waals surface area contributed by atoms with Crippen LogP contribution in [0.15, 0.2) is 24.3 Å². The van der Waals surface area contributed by atoms with Crippen LogP contribution in [0.25, 0.3) is 0 Å². The number of hydrogen-bond donors (Lipinski definition) is 2. The van der Waals surface area contributed by atoms with Gasteiger partial charge in [-0.1, -0.05) is 26.0 Å². The first kappa shape index (κ1) is 16.1. The zero-order valence-corrected chi connectivity index (χ0v) is 13.3. The van der Waals surface area contributed by atoms with Gasteiger partial charge in [0.15, 0.2) is 0 Å². The average molecular weight is 305 g/mol. The Morgan fingerprint density at radius 1 is 1.27 bits per heavy atom. The van der Waals surface area contributed by atoms with Crippen molar-refractivity contribution in [3.8, 4) is 0 Å². The van der Waals surface area contributed by atoms with Crippen LogP contribution in [0.3, 0.4) is 0 Å². The van der Waals surface area contributed by atoms with Gasteiger partial charge in [0.25, 0.3) is 0 Å². The van der Waals surface area contributed by atoms with E-state index >= 15 is 0 Å². The number of carbonyl (C=O) groups is 2. The van der Waals surface area contributed by atoms with Gasteiger partial charge in [0, 0.05) is 18.3 Å². The topological polar surface area (TPSA) is 70.7 Å². The molecule has 6 heteroatoms. The summed E-state index contributed by atoms with van der Waals surface area (Å²) in [5.74, 6) is 0.383. The molecule has 2 rings (SSSR count). The largest absolute Gasteiger partial charge is 0.448 e. The molecular formula is C16H23N3O3. The summed E-state index contributed by atoms with van der Waals surface area (Å²) in [5.41, 5.74) is 1.72. The molecule has 0 saturated carbocycles. The van der Waals surface area contributed by atoms with Crippen LogP contribution in [0, 0.1) is 5.92 Å². The fourth-order valence-corrected chi connectivity index (χ4v) is 2.02. The van der Waals surface area contributed by atoms with Gasteiger partial charge in [0.2, 0.25) is 0 Å². The van der Waals surface area contributed by atoms with E-state index in [2.05, 4.69) is 24.5 Å². The quantitative estimate of drug-likeness (QED) is 0.878. The molecule has 22 heavy (non-hydrogen) atoms. The number of anilines is 1. The molecule has 1 aliphatic heterocycles. The van der Waals surface area contributed by atoms with E-state index in [1.54, 1.807) is 4.90 Å². The Balaban J connectivity index is 1.86. The van der Waals surface area contributed by atoms with Crippen LogP contribution < -0.4 is 10.6 Å². The number of urea groups is 1. The monoisotopic (exact) mass is 305 g/mol. The maximum absolute atomic E-state index is 11.8. The van der Waals surface area contributed by atoms with Crippen molar-refractivity contribution in [1.29, 1.82) is 0 Å². The van der Waals surface area contributed by atoms with Gasteiger partial charge < -0.3 is 20.3 Å². The van der Waals surface area contributed by atoms with Crippen molar-refractivity contribution in [3.63, 3.8) is 0 Å². The number of benzene rings is 1. The van der Waals surface area contributed by atoms with E-state index in [4.69, 9.17) is 4.74 Å². The molecule has 1 atom stereocenters. The minimum Gasteiger partial charge on any atom is -0.448 e. The molecular weight excluding hydrogens is 282 g/mol. The van der Waals surface area contributed by atoms with Crippen molar-refractivity contribution in [2.24, 2.45) is 5.92 Å². The second kappa shape index (κ2) is 7.15. The van der Waals surface area contributed by atoms with Crippen molar-refractivity contribution in [2.75, 3.05) is 18.5 Å². The molecule has 1 saturated heterocycles. The van der Waals surface area contributed by atoms with Crippen molar-refractivity contribution in [1.82, 2.24) is 10.2 Å². The van der Waals surface area contributed by atoms with Crippen LogP contribution in [0.4, 0.5) is 15.3 Å². The molecule has 1 aromatic rings. The number of rotatable bonds is 5. The Labute approximate surface area is 130 Å². The first-order valence-corrected chi connectivity index (χ1v) is 7.54. The van der Waals surface area contributed by atoms with Crippen LogP contribution in [0.2, 0.25) is 0 Å². The summed E-state index contributed by atoms with van der Waals surface area (Å²) < 4.78 is 4.89. The second-order valence-corrected chi connectivity index (χ2v) is 5.86. The van der Waals surface area contributed by atoms with E-state index in [0.717, 1.165) is 11.3 Å². The van der Waals surface area contributed by atoms with Crippen LogP contribution >= 0.6 is 0 Å². The molecule has 0 spiro atoms. The summed E-state index contributed by atoms with van der Waals surface area (Å²) in [6, 6.07) is 7.35. The zero-order chi connectivity index (χ0) is 16.1. The Hall–Kier alpha value is -2.24. The SMILES string of the molecule is CC(C)[C@H](C)NC(=O)Nc1ccc(CN2CCOC2=O)cc1. The average Bonchev–Trinajstić information content (AvgIpc) is 2.86. The first-order valence-electron chi connectivity index (χ1n) is 7.54. The maximum atomic E-state index is 11.8. The molecule has 120 valence electrons. The fourth-order valence-electron chi connectivity index (χ4n) is 2.02. The lowest BCUT2D eigenvalue weighted by atomic mass is 10.1. The normalized spacial score (nSPS) is 15.6. The highest BCUT2D eigenvalue weighted by Gasteiger charge is 2.21. The fraction of sp³-hybridized carbons (Fsp3) is 0.500. The number of nitrogens with one attached hydrogen (secondary N) is 2. The third-order valence-corrected chi connectivity index (χ3v) is 3.79. The second-order valence-electron chi connectivity index (χ2n) is 5.86. The highest BCUT2D eigenvalue weighted by Crippen LogP contribution is 2.14. The summed E-state index contributed by atoms with van der Waals surface area (Å²) >= 11 is 0. The summed E-state index contributed by atoms with van der Waals surface area (Å²) in [4.78, 5) is 24.9. The first-order chi connectivity index (χ1) is 10.5. The number of amides is 3. The Morgan fingerprint density at radius 3 is 2.50 bits per heavy atom. The van der Waals surface area contributed by atoms with Crippen LogP contribution in [-0.4, -0.2) is 36.2 Å². The minimum atomic E-state index is -0.274. The van der Waals surface area contributed by atoms with Gasteiger partial charge in [-0.3, -0.25) is 0 Å². The van der Waals surface area contributed by atoms with Crippen LogP contribution in [0.1, 0.15) is 26.3 Å². The molecule has 0 bridgehead atoms. The summed E-state index contributed by atoms with van der Waals surface area (Å²) in [6.07, 6.45) is -0.274. The van der Waals surface area contributed by atoms with Gasteiger partial charge >= 0.3 is 12.1 Å². The van der Waals surface area contributed by atoms with E-state index < -0.39 is 0 Å².